The van der Waals surface area contributed by atoms with Gasteiger partial charge in [-0.05, 0) is 33.3 Å². The molecule has 0 radical (unpaired) electrons. The van der Waals surface area contributed by atoms with E-state index in [1.165, 1.54) is 6.20 Å². The summed E-state index contributed by atoms with van der Waals surface area (Å²) in [7, 11) is 1.61. The molecule has 1 amide bonds. The Balaban J connectivity index is 1.45. The molecule has 0 atom stereocenters. The van der Waals surface area contributed by atoms with Gasteiger partial charge in [0.05, 0.1) is 44.1 Å². The van der Waals surface area contributed by atoms with Gasteiger partial charge in [-0.25, -0.2) is 14.6 Å². The third-order valence-corrected chi connectivity index (χ3v) is 6.77. The number of carbonyl (C=O) groups excluding carboxylic acids is 1. The maximum Gasteiger partial charge on any atom is 0.291 e. The van der Waals surface area contributed by atoms with Crippen LogP contribution in [-0.4, -0.2) is 88.0 Å². The zero-order valence-electron chi connectivity index (χ0n) is 20.8. The molecule has 0 aromatic carbocycles. The van der Waals surface area contributed by atoms with E-state index in [1.807, 2.05) is 22.6 Å². The van der Waals surface area contributed by atoms with Gasteiger partial charge >= 0.3 is 0 Å². The van der Waals surface area contributed by atoms with Crippen LogP contribution in [0.3, 0.4) is 0 Å². The molecule has 1 fully saturated rings. The number of hydrogen-bond donors (Lipinski definition) is 0. The second-order valence-electron chi connectivity index (χ2n) is 9.27. The first kappa shape index (κ1) is 23.5. The van der Waals surface area contributed by atoms with Crippen LogP contribution in [0.25, 0.3) is 17.3 Å². The van der Waals surface area contributed by atoms with Crippen molar-refractivity contribution in [3.8, 4) is 23.2 Å². The molecule has 35 heavy (non-hydrogen) atoms. The molecule has 5 rings (SSSR count). The van der Waals surface area contributed by atoms with Crippen LogP contribution in [0.5, 0.6) is 5.88 Å². The summed E-state index contributed by atoms with van der Waals surface area (Å²) in [5.74, 6) is 1.05. The van der Waals surface area contributed by atoms with Gasteiger partial charge < -0.3 is 18.8 Å². The van der Waals surface area contributed by atoms with Gasteiger partial charge in [-0.3, -0.25) is 9.69 Å². The number of hydrogen-bond acceptors (Lipinski definition) is 8. The maximum atomic E-state index is 13.1. The van der Waals surface area contributed by atoms with Gasteiger partial charge in [0.1, 0.15) is 0 Å². The Morgan fingerprint density at radius 1 is 1.09 bits per heavy atom. The first-order valence-electron chi connectivity index (χ1n) is 12.1. The Bertz CT molecular complexity index is 1210. The minimum Gasteiger partial charge on any atom is -0.481 e. The molecule has 5 heterocycles. The molecule has 3 aromatic rings. The largest absolute Gasteiger partial charge is 0.481 e. The number of rotatable bonds is 5. The highest BCUT2D eigenvalue weighted by Gasteiger charge is 2.29. The zero-order chi connectivity index (χ0) is 24.5. The Labute approximate surface area is 204 Å². The topological polar surface area (TPSA) is 98.8 Å². The molecule has 0 spiro atoms. The Morgan fingerprint density at radius 3 is 2.57 bits per heavy atom. The van der Waals surface area contributed by atoms with Crippen molar-refractivity contribution in [3.05, 3.63) is 41.0 Å². The first-order chi connectivity index (χ1) is 17.0. The molecular formula is C25H32N6O4. The maximum absolute atomic E-state index is 13.1. The summed E-state index contributed by atoms with van der Waals surface area (Å²) in [6, 6.07) is 2.47. The second kappa shape index (κ2) is 9.79. The van der Waals surface area contributed by atoms with Crippen molar-refractivity contribution in [3.63, 3.8) is 0 Å². The number of aryl methyl sites for hydroxylation is 1. The summed E-state index contributed by atoms with van der Waals surface area (Å²) in [6.07, 6.45) is 4.66. The minimum atomic E-state index is -0.129. The average Bonchev–Trinajstić information content (AvgIpc) is 3.41. The molecule has 0 unspecified atom stereocenters. The van der Waals surface area contributed by atoms with Crippen LogP contribution in [0, 0.1) is 6.92 Å². The molecule has 186 valence electrons. The van der Waals surface area contributed by atoms with E-state index >= 15 is 0 Å². The van der Waals surface area contributed by atoms with E-state index in [0.29, 0.717) is 62.7 Å². The summed E-state index contributed by atoms with van der Waals surface area (Å²) in [5, 5.41) is 4.88. The number of amides is 1. The summed E-state index contributed by atoms with van der Waals surface area (Å²) in [6.45, 7) is 10.6. The van der Waals surface area contributed by atoms with E-state index in [1.54, 1.807) is 13.3 Å². The third kappa shape index (κ3) is 4.55. The molecule has 0 aliphatic carbocycles. The highest BCUT2D eigenvalue weighted by Crippen LogP contribution is 2.31. The molecule has 3 aromatic heterocycles. The van der Waals surface area contributed by atoms with Gasteiger partial charge in [0.25, 0.3) is 5.91 Å². The fourth-order valence-electron chi connectivity index (χ4n) is 4.79. The van der Waals surface area contributed by atoms with E-state index in [0.717, 1.165) is 35.6 Å². The molecular weight excluding hydrogens is 448 g/mol. The van der Waals surface area contributed by atoms with Gasteiger partial charge in [-0.15, -0.1) is 0 Å². The molecule has 2 aliphatic rings. The van der Waals surface area contributed by atoms with Crippen LogP contribution in [0.4, 0.5) is 0 Å². The van der Waals surface area contributed by atoms with E-state index in [9.17, 15) is 4.79 Å². The summed E-state index contributed by atoms with van der Waals surface area (Å²) in [5.41, 5.74) is 4.46. The standard InChI is InChI=1S/C25H32N6O4/c1-16(2)29-7-9-30(10-8-29)25(32)21-15-27-24(35-21)22-19-5-11-34-12-6-20(19)31(28-22)18-13-17(3)23(33-4)26-14-18/h13-16H,5-12H2,1-4H3. The number of ether oxygens (including phenoxy) is 2. The van der Waals surface area contributed by atoms with Crippen LogP contribution in [-0.2, 0) is 17.6 Å². The monoisotopic (exact) mass is 480 g/mol. The lowest BCUT2D eigenvalue weighted by Gasteiger charge is -2.36. The van der Waals surface area contributed by atoms with E-state index in [-0.39, 0.29) is 11.7 Å². The number of pyridine rings is 1. The van der Waals surface area contributed by atoms with Crippen LogP contribution < -0.4 is 4.74 Å². The predicted molar refractivity (Wildman–Crippen MR) is 129 cm³/mol. The van der Waals surface area contributed by atoms with Crippen LogP contribution in [0.1, 0.15) is 41.2 Å². The fourth-order valence-corrected chi connectivity index (χ4v) is 4.79. The van der Waals surface area contributed by atoms with Crippen molar-refractivity contribution < 1.29 is 18.7 Å². The fraction of sp³-hybridized carbons (Fsp3) is 0.520. The van der Waals surface area contributed by atoms with Crippen molar-refractivity contribution in [2.45, 2.75) is 39.7 Å². The number of fused-ring (bicyclic) bond motifs is 1. The van der Waals surface area contributed by atoms with E-state index in [2.05, 4.69) is 28.7 Å². The van der Waals surface area contributed by atoms with Crippen molar-refractivity contribution in [1.82, 2.24) is 29.5 Å². The van der Waals surface area contributed by atoms with Gasteiger partial charge in [0.15, 0.2) is 5.69 Å². The molecule has 1 saturated heterocycles. The first-order valence-corrected chi connectivity index (χ1v) is 12.1. The summed E-state index contributed by atoms with van der Waals surface area (Å²) < 4.78 is 18.9. The quantitative estimate of drug-likeness (QED) is 0.549. The predicted octanol–water partition coefficient (Wildman–Crippen LogP) is 2.52. The summed E-state index contributed by atoms with van der Waals surface area (Å²) >= 11 is 0. The Kier molecular flexibility index (Phi) is 6.57. The van der Waals surface area contributed by atoms with Gasteiger partial charge in [0, 0.05) is 49.8 Å². The van der Waals surface area contributed by atoms with Gasteiger partial charge in [-0.1, -0.05) is 0 Å². The Morgan fingerprint density at radius 2 is 1.86 bits per heavy atom. The normalized spacial score (nSPS) is 16.9. The molecule has 0 N–H and O–H groups in total. The summed E-state index contributed by atoms with van der Waals surface area (Å²) in [4.78, 5) is 26.2. The smallest absolute Gasteiger partial charge is 0.291 e. The lowest BCUT2D eigenvalue weighted by atomic mass is 10.1. The van der Waals surface area contributed by atoms with E-state index < -0.39 is 0 Å². The number of oxazole rings is 1. The molecule has 10 heteroatoms. The van der Waals surface area contributed by atoms with Crippen LogP contribution >= 0.6 is 0 Å². The van der Waals surface area contributed by atoms with E-state index in [4.69, 9.17) is 19.0 Å². The lowest BCUT2D eigenvalue weighted by molar-refractivity contribution is 0.0567. The molecule has 2 aliphatic heterocycles. The van der Waals surface area contributed by atoms with Gasteiger partial charge in [0.2, 0.25) is 17.5 Å². The van der Waals surface area contributed by atoms with Crippen LogP contribution in [0.15, 0.2) is 22.9 Å². The second-order valence-corrected chi connectivity index (χ2v) is 9.27. The highest BCUT2D eigenvalue weighted by atomic mass is 16.5. The molecule has 0 bridgehead atoms. The van der Waals surface area contributed by atoms with Gasteiger partial charge in [-0.2, -0.15) is 5.10 Å². The number of aromatic nitrogens is 4. The number of carbonyl (C=O) groups is 1. The number of methoxy groups -OCH3 is 1. The molecule has 0 saturated carbocycles. The van der Waals surface area contributed by atoms with Crippen LogP contribution in [0.2, 0.25) is 0 Å². The zero-order valence-corrected chi connectivity index (χ0v) is 20.8. The van der Waals surface area contributed by atoms with Crippen molar-refractivity contribution >= 4 is 5.91 Å². The lowest BCUT2D eigenvalue weighted by Crippen LogP contribution is -2.50. The number of piperazine rings is 1. The van der Waals surface area contributed by atoms with Crippen molar-refractivity contribution in [1.29, 1.82) is 0 Å². The minimum absolute atomic E-state index is 0.129. The highest BCUT2D eigenvalue weighted by molar-refractivity contribution is 5.91. The van der Waals surface area contributed by atoms with Crippen molar-refractivity contribution in [2.75, 3.05) is 46.5 Å². The Hall–Kier alpha value is -3.24. The third-order valence-electron chi connectivity index (χ3n) is 6.77. The SMILES string of the molecule is COc1ncc(-n2nc(-c3ncc(C(=O)N4CCN(C(C)C)CC4)o3)c3c2CCOCC3)cc1C. The number of nitrogens with zero attached hydrogens (tertiary/aromatic N) is 6. The van der Waals surface area contributed by atoms with Crippen molar-refractivity contribution in [2.24, 2.45) is 0 Å². The molecule has 10 nitrogen and oxygen atoms in total. The average molecular weight is 481 g/mol.